The van der Waals surface area contributed by atoms with Crippen LogP contribution in [0.25, 0.3) is 0 Å². The summed E-state index contributed by atoms with van der Waals surface area (Å²) in [5.74, 6) is 1.20. The van der Waals surface area contributed by atoms with Gasteiger partial charge in [-0.3, -0.25) is 0 Å². The molecule has 0 amide bonds. The van der Waals surface area contributed by atoms with E-state index in [1.54, 1.807) is 0 Å². The molecule has 1 unspecified atom stereocenters. The van der Waals surface area contributed by atoms with Crippen LogP contribution in [0.4, 0.5) is 0 Å². The monoisotopic (exact) mass is 232 g/mol. The van der Waals surface area contributed by atoms with Crippen LogP contribution in [0.1, 0.15) is 25.0 Å². The molecule has 1 atom stereocenters. The van der Waals surface area contributed by atoms with Crippen molar-refractivity contribution < 1.29 is 4.74 Å². The minimum atomic E-state index is 0.314. The molecule has 0 saturated carbocycles. The lowest BCUT2D eigenvalue weighted by molar-refractivity contribution is 0.246. The number of aromatic nitrogens is 2. The van der Waals surface area contributed by atoms with Gasteiger partial charge in [-0.15, -0.1) is 0 Å². The number of hydrogen-bond acceptors (Lipinski definition) is 5. The second kappa shape index (κ2) is 6.16. The van der Waals surface area contributed by atoms with Crippen LogP contribution in [-0.4, -0.2) is 29.7 Å². The van der Waals surface area contributed by atoms with Gasteiger partial charge in [0.2, 0.25) is 5.88 Å². The normalized spacial score (nSPS) is 19.6. The summed E-state index contributed by atoms with van der Waals surface area (Å²) in [7, 11) is 0. The molecule has 1 fully saturated rings. The first-order chi connectivity index (χ1) is 8.38. The lowest BCUT2D eigenvalue weighted by Crippen LogP contribution is -2.30. The third-order valence-electron chi connectivity index (χ3n) is 2.92. The van der Waals surface area contributed by atoms with E-state index in [9.17, 15) is 0 Å². The predicted octanol–water partition coefficient (Wildman–Crippen LogP) is 1.12. The zero-order chi connectivity index (χ0) is 11.9. The second-order valence-corrected chi connectivity index (χ2v) is 4.20. The highest BCUT2D eigenvalue weighted by molar-refractivity contribution is 5.18. The van der Waals surface area contributed by atoms with Gasteiger partial charge in [0, 0.05) is 0 Å². The molecule has 2 heterocycles. The summed E-state index contributed by atoms with van der Waals surface area (Å²) in [6.07, 6.45) is 6.49. The zero-order valence-corrected chi connectivity index (χ0v) is 9.72. The van der Waals surface area contributed by atoms with Crippen LogP contribution in [0.3, 0.4) is 0 Å². The fraction of sp³-hybridized carbons (Fsp3) is 0.583. The van der Waals surface area contributed by atoms with Gasteiger partial charge in [-0.2, -0.15) is 5.26 Å². The number of piperidine rings is 1. The van der Waals surface area contributed by atoms with Gasteiger partial charge in [-0.1, -0.05) is 0 Å². The Morgan fingerprint density at radius 3 is 3.06 bits per heavy atom. The summed E-state index contributed by atoms with van der Waals surface area (Å²) in [5, 5.41) is 12.0. The molecule has 0 radical (unpaired) electrons. The summed E-state index contributed by atoms with van der Waals surface area (Å²) in [6.45, 7) is 2.88. The second-order valence-electron chi connectivity index (χ2n) is 4.20. The van der Waals surface area contributed by atoms with Crippen molar-refractivity contribution in [2.45, 2.75) is 19.3 Å². The Bertz CT molecular complexity index is 378. The maximum atomic E-state index is 8.57. The largest absolute Gasteiger partial charge is 0.477 e. The molecule has 90 valence electrons. The number of ether oxygens (including phenoxy) is 1. The number of nitrogens with zero attached hydrogens (tertiary/aromatic N) is 3. The first kappa shape index (κ1) is 11.8. The molecule has 1 aliphatic rings. The Morgan fingerprint density at radius 2 is 2.41 bits per heavy atom. The summed E-state index contributed by atoms with van der Waals surface area (Å²) in [6, 6.07) is 1.92. The molecule has 2 rings (SSSR count). The van der Waals surface area contributed by atoms with Crippen molar-refractivity contribution in [1.82, 2.24) is 15.3 Å². The summed E-state index contributed by atoms with van der Waals surface area (Å²) in [5.41, 5.74) is 0.314. The lowest BCUT2D eigenvalue weighted by Gasteiger charge is -2.22. The molecule has 0 aromatic carbocycles. The molecule has 17 heavy (non-hydrogen) atoms. The predicted molar refractivity (Wildman–Crippen MR) is 62.5 cm³/mol. The first-order valence-electron chi connectivity index (χ1n) is 5.94. The number of nitriles is 1. The quantitative estimate of drug-likeness (QED) is 0.842. The van der Waals surface area contributed by atoms with E-state index >= 15 is 0 Å². The molecule has 0 spiro atoms. The molecule has 1 N–H and O–H groups in total. The maximum Gasteiger partial charge on any atom is 0.232 e. The van der Waals surface area contributed by atoms with E-state index in [1.165, 1.54) is 25.2 Å². The smallest absolute Gasteiger partial charge is 0.232 e. The summed E-state index contributed by atoms with van der Waals surface area (Å²) >= 11 is 0. The molecular formula is C12H16N4O. The van der Waals surface area contributed by atoms with Gasteiger partial charge >= 0.3 is 0 Å². The summed E-state index contributed by atoms with van der Waals surface area (Å²) < 4.78 is 5.50. The van der Waals surface area contributed by atoms with Crippen molar-refractivity contribution in [3.63, 3.8) is 0 Å². The van der Waals surface area contributed by atoms with E-state index in [0.29, 0.717) is 24.1 Å². The van der Waals surface area contributed by atoms with Gasteiger partial charge in [0.1, 0.15) is 6.07 Å². The van der Waals surface area contributed by atoms with Crippen LogP contribution in [0, 0.1) is 17.2 Å². The Kier molecular flexibility index (Phi) is 4.28. The van der Waals surface area contributed by atoms with Crippen LogP contribution in [0.2, 0.25) is 0 Å². The van der Waals surface area contributed by atoms with Crippen molar-refractivity contribution in [1.29, 1.82) is 5.26 Å². The third-order valence-corrected chi connectivity index (χ3v) is 2.92. The number of nitrogens with one attached hydrogen (secondary N) is 1. The van der Waals surface area contributed by atoms with Gasteiger partial charge in [0.05, 0.1) is 19.0 Å². The average Bonchev–Trinajstić information content (AvgIpc) is 2.41. The van der Waals surface area contributed by atoms with Crippen LogP contribution < -0.4 is 10.1 Å². The van der Waals surface area contributed by atoms with E-state index in [-0.39, 0.29) is 0 Å². The molecular weight excluding hydrogens is 216 g/mol. The average molecular weight is 232 g/mol. The lowest BCUT2D eigenvalue weighted by atomic mass is 9.97. The standard InChI is InChI=1S/C12H16N4O/c13-6-11-8-16-12(9-15-11)17-5-3-10-2-1-4-14-7-10/h8-10,14H,1-5,7H2. The van der Waals surface area contributed by atoms with Gasteiger partial charge in [0.25, 0.3) is 0 Å². The van der Waals surface area contributed by atoms with Crippen molar-refractivity contribution >= 4 is 0 Å². The van der Waals surface area contributed by atoms with Crippen LogP contribution >= 0.6 is 0 Å². The zero-order valence-electron chi connectivity index (χ0n) is 9.72. The molecule has 5 heteroatoms. The van der Waals surface area contributed by atoms with Crippen molar-refractivity contribution in [3.8, 4) is 11.9 Å². The fourth-order valence-electron chi connectivity index (χ4n) is 1.95. The van der Waals surface area contributed by atoms with E-state index in [2.05, 4.69) is 15.3 Å². The number of rotatable bonds is 4. The Hall–Kier alpha value is -1.67. The van der Waals surface area contributed by atoms with Crippen molar-refractivity contribution in [2.24, 2.45) is 5.92 Å². The third kappa shape index (κ3) is 3.68. The molecule has 1 saturated heterocycles. The Morgan fingerprint density at radius 1 is 1.47 bits per heavy atom. The van der Waals surface area contributed by atoms with Gasteiger partial charge in [0.15, 0.2) is 5.69 Å². The highest BCUT2D eigenvalue weighted by atomic mass is 16.5. The topological polar surface area (TPSA) is 70.8 Å². The van der Waals surface area contributed by atoms with Crippen LogP contribution in [0.5, 0.6) is 5.88 Å². The maximum absolute atomic E-state index is 8.57. The Balaban J connectivity index is 1.72. The molecule has 0 aliphatic carbocycles. The Labute approximate surface area is 101 Å². The van der Waals surface area contributed by atoms with Crippen LogP contribution in [0.15, 0.2) is 12.4 Å². The van der Waals surface area contributed by atoms with E-state index in [0.717, 1.165) is 19.5 Å². The highest BCUT2D eigenvalue weighted by Gasteiger charge is 2.12. The van der Waals surface area contributed by atoms with E-state index < -0.39 is 0 Å². The van der Waals surface area contributed by atoms with Gasteiger partial charge in [-0.25, -0.2) is 9.97 Å². The molecule has 1 aromatic heterocycles. The highest BCUT2D eigenvalue weighted by Crippen LogP contribution is 2.14. The van der Waals surface area contributed by atoms with Crippen molar-refractivity contribution in [3.05, 3.63) is 18.1 Å². The van der Waals surface area contributed by atoms with Crippen molar-refractivity contribution in [2.75, 3.05) is 19.7 Å². The van der Waals surface area contributed by atoms with Crippen LogP contribution in [-0.2, 0) is 0 Å². The molecule has 1 aromatic rings. The number of hydrogen-bond donors (Lipinski definition) is 1. The first-order valence-corrected chi connectivity index (χ1v) is 5.94. The summed E-state index contributed by atoms with van der Waals surface area (Å²) in [4.78, 5) is 7.91. The fourth-order valence-corrected chi connectivity index (χ4v) is 1.95. The SMILES string of the molecule is N#Cc1cnc(OCCC2CCCNC2)cn1. The van der Waals surface area contributed by atoms with E-state index in [1.807, 2.05) is 6.07 Å². The van der Waals surface area contributed by atoms with E-state index in [4.69, 9.17) is 10.00 Å². The molecule has 0 bridgehead atoms. The minimum absolute atomic E-state index is 0.314. The molecule has 1 aliphatic heterocycles. The van der Waals surface area contributed by atoms with Gasteiger partial charge < -0.3 is 10.1 Å². The molecule has 5 nitrogen and oxygen atoms in total. The minimum Gasteiger partial charge on any atom is -0.477 e. The van der Waals surface area contributed by atoms with Gasteiger partial charge in [-0.05, 0) is 38.3 Å².